The number of amides is 1. The number of fused-ring (bicyclic) bond motifs is 1. The van der Waals surface area contributed by atoms with Crippen LogP contribution in [-0.4, -0.2) is 58.5 Å². The number of carbonyl (C=O) groups excluding carboxylic acids is 2. The molecule has 2 atom stereocenters. The minimum absolute atomic E-state index is 0.0132. The number of ether oxygens (including phenoxy) is 2. The number of esters is 1. The zero-order chi connectivity index (χ0) is 18.8. The molecule has 138 valence electrons. The molecule has 1 aromatic carbocycles. The molecule has 1 amide bonds. The van der Waals surface area contributed by atoms with Crippen LogP contribution in [0.1, 0.15) is 24.3 Å². The van der Waals surface area contributed by atoms with Crippen LogP contribution in [0.2, 0.25) is 0 Å². The molecule has 2 heterocycles. The lowest BCUT2D eigenvalue weighted by atomic mass is 10.1. The lowest BCUT2D eigenvalue weighted by Crippen LogP contribution is -2.49. The molecule has 0 unspecified atom stereocenters. The third-order valence-electron chi connectivity index (χ3n) is 4.25. The maximum atomic E-state index is 12.4. The molecule has 0 saturated carbocycles. The highest BCUT2D eigenvalue weighted by atomic mass is 16.5. The van der Waals surface area contributed by atoms with Gasteiger partial charge in [-0.2, -0.15) is 5.10 Å². The van der Waals surface area contributed by atoms with E-state index in [1.807, 2.05) is 13.8 Å². The van der Waals surface area contributed by atoms with Gasteiger partial charge in [-0.25, -0.2) is 9.48 Å². The fraction of sp³-hybridized carbons (Fsp3) is 0.444. The molecule has 0 spiro atoms. The molecular weight excluding hydrogens is 338 g/mol. The zero-order valence-electron chi connectivity index (χ0n) is 15.0. The number of aromatic nitrogens is 2. The van der Waals surface area contributed by atoms with Crippen molar-refractivity contribution < 1.29 is 19.1 Å². The molecule has 8 nitrogen and oxygen atoms in total. The van der Waals surface area contributed by atoms with Crippen LogP contribution in [0.4, 0.5) is 0 Å². The first-order valence-electron chi connectivity index (χ1n) is 8.43. The van der Waals surface area contributed by atoms with E-state index >= 15 is 0 Å². The van der Waals surface area contributed by atoms with Crippen molar-refractivity contribution in [3.8, 4) is 0 Å². The van der Waals surface area contributed by atoms with Crippen LogP contribution >= 0.6 is 0 Å². The van der Waals surface area contributed by atoms with E-state index < -0.39 is 5.97 Å². The number of morpholine rings is 1. The fourth-order valence-corrected chi connectivity index (χ4v) is 3.12. The average Bonchev–Trinajstić information content (AvgIpc) is 2.61. The van der Waals surface area contributed by atoms with E-state index in [4.69, 9.17) is 9.47 Å². The Morgan fingerprint density at radius 3 is 2.46 bits per heavy atom. The van der Waals surface area contributed by atoms with E-state index in [9.17, 15) is 14.4 Å². The van der Waals surface area contributed by atoms with Gasteiger partial charge in [-0.3, -0.25) is 9.59 Å². The molecule has 3 rings (SSSR count). The molecule has 1 aliphatic rings. The zero-order valence-corrected chi connectivity index (χ0v) is 15.0. The summed E-state index contributed by atoms with van der Waals surface area (Å²) in [7, 11) is 1.47. The van der Waals surface area contributed by atoms with Gasteiger partial charge in [0.2, 0.25) is 0 Å². The van der Waals surface area contributed by atoms with Crippen molar-refractivity contribution in [1.82, 2.24) is 14.7 Å². The van der Waals surface area contributed by atoms with Gasteiger partial charge in [-0.15, -0.1) is 0 Å². The molecule has 1 fully saturated rings. The van der Waals surface area contributed by atoms with E-state index in [-0.39, 0.29) is 36.0 Å². The highest BCUT2D eigenvalue weighted by molar-refractivity contribution is 6.02. The van der Waals surface area contributed by atoms with Gasteiger partial charge in [0.1, 0.15) is 0 Å². The third kappa shape index (κ3) is 3.60. The van der Waals surface area contributed by atoms with Crippen molar-refractivity contribution in [2.75, 3.05) is 19.7 Å². The number of aryl methyl sites for hydroxylation is 1. The Hall–Kier alpha value is -2.74. The van der Waals surface area contributed by atoms with Gasteiger partial charge < -0.3 is 14.4 Å². The van der Waals surface area contributed by atoms with Crippen molar-refractivity contribution in [3.05, 3.63) is 40.3 Å². The number of benzene rings is 1. The van der Waals surface area contributed by atoms with Crippen LogP contribution in [-0.2, 0) is 21.3 Å². The summed E-state index contributed by atoms with van der Waals surface area (Å²) in [6.07, 6.45) is -0.125. The molecule has 26 heavy (non-hydrogen) atoms. The quantitative estimate of drug-likeness (QED) is 0.751. The summed E-state index contributed by atoms with van der Waals surface area (Å²) in [4.78, 5) is 38.5. The maximum Gasteiger partial charge on any atom is 0.359 e. The Kier molecular flexibility index (Phi) is 5.03. The predicted octanol–water partition coefficient (Wildman–Crippen LogP) is 0.726. The maximum absolute atomic E-state index is 12.4. The van der Waals surface area contributed by atoms with Gasteiger partial charge >= 0.3 is 5.97 Å². The minimum Gasteiger partial charge on any atom is -0.451 e. The highest BCUT2D eigenvalue weighted by Gasteiger charge is 2.27. The highest BCUT2D eigenvalue weighted by Crippen LogP contribution is 2.15. The summed E-state index contributed by atoms with van der Waals surface area (Å²) in [5.41, 5.74) is -0.288. The van der Waals surface area contributed by atoms with E-state index in [0.717, 1.165) is 4.68 Å². The standard InChI is InChI=1S/C18H21N3O5/c1-11-8-21(9-12(2)26-11)15(22)10-25-18(24)16-13-6-4-5-7-14(13)17(23)20(3)19-16/h4-7,11-12H,8-10H2,1-3H3/t11-,12+. The molecule has 0 N–H and O–H groups in total. The van der Waals surface area contributed by atoms with Crippen LogP contribution in [0.15, 0.2) is 29.1 Å². The Labute approximate surface area is 150 Å². The normalized spacial score (nSPS) is 20.2. The summed E-state index contributed by atoms with van der Waals surface area (Å²) < 4.78 is 11.8. The van der Waals surface area contributed by atoms with Gasteiger partial charge in [0.05, 0.1) is 17.6 Å². The van der Waals surface area contributed by atoms with Gasteiger partial charge in [0.15, 0.2) is 12.3 Å². The van der Waals surface area contributed by atoms with Crippen LogP contribution in [0.5, 0.6) is 0 Å². The van der Waals surface area contributed by atoms with Crippen LogP contribution in [0.3, 0.4) is 0 Å². The first kappa shape index (κ1) is 18.1. The van der Waals surface area contributed by atoms with Gasteiger partial charge in [-0.1, -0.05) is 18.2 Å². The van der Waals surface area contributed by atoms with Crippen LogP contribution < -0.4 is 5.56 Å². The Morgan fingerprint density at radius 1 is 1.19 bits per heavy atom. The smallest absolute Gasteiger partial charge is 0.359 e. The summed E-state index contributed by atoms with van der Waals surface area (Å²) in [5, 5.41) is 4.78. The number of rotatable bonds is 3. The molecular formula is C18H21N3O5. The first-order valence-corrected chi connectivity index (χ1v) is 8.43. The molecule has 1 saturated heterocycles. The fourth-order valence-electron chi connectivity index (χ4n) is 3.12. The minimum atomic E-state index is -0.737. The summed E-state index contributed by atoms with van der Waals surface area (Å²) in [6, 6.07) is 6.68. The first-order chi connectivity index (χ1) is 12.4. The SMILES string of the molecule is C[C@@H]1CN(C(=O)COC(=O)c2nn(C)c(=O)c3ccccc23)C[C@H](C)O1. The second-order valence-corrected chi connectivity index (χ2v) is 6.46. The molecule has 1 aromatic heterocycles. The molecule has 1 aliphatic heterocycles. The van der Waals surface area contributed by atoms with Crippen molar-refractivity contribution >= 4 is 22.6 Å². The number of nitrogens with zero attached hydrogens (tertiary/aromatic N) is 3. The summed E-state index contributed by atoms with van der Waals surface area (Å²) in [6.45, 7) is 4.32. The Bertz CT molecular complexity index is 897. The van der Waals surface area contributed by atoms with Crippen molar-refractivity contribution in [2.45, 2.75) is 26.1 Å². The van der Waals surface area contributed by atoms with Crippen molar-refractivity contribution in [3.63, 3.8) is 0 Å². The average molecular weight is 359 g/mol. The van der Waals surface area contributed by atoms with E-state index in [1.165, 1.54) is 7.05 Å². The van der Waals surface area contributed by atoms with Crippen molar-refractivity contribution in [2.24, 2.45) is 7.05 Å². The molecule has 0 bridgehead atoms. The summed E-state index contributed by atoms with van der Waals surface area (Å²) >= 11 is 0. The number of carbonyl (C=O) groups is 2. The summed E-state index contributed by atoms with van der Waals surface area (Å²) in [5.74, 6) is -1.02. The third-order valence-corrected chi connectivity index (χ3v) is 4.25. The number of hydrogen-bond acceptors (Lipinski definition) is 6. The van der Waals surface area contributed by atoms with E-state index in [1.54, 1.807) is 29.2 Å². The lowest BCUT2D eigenvalue weighted by molar-refractivity contribution is -0.146. The second kappa shape index (κ2) is 7.25. The van der Waals surface area contributed by atoms with E-state index in [2.05, 4.69) is 5.10 Å². The Balaban J connectivity index is 1.75. The largest absolute Gasteiger partial charge is 0.451 e. The molecule has 8 heteroatoms. The van der Waals surface area contributed by atoms with Gasteiger partial charge in [0, 0.05) is 25.5 Å². The molecule has 0 radical (unpaired) electrons. The Morgan fingerprint density at radius 2 is 1.81 bits per heavy atom. The van der Waals surface area contributed by atoms with Crippen LogP contribution in [0, 0.1) is 0 Å². The van der Waals surface area contributed by atoms with Gasteiger partial charge in [0.25, 0.3) is 11.5 Å². The molecule has 2 aromatic rings. The monoisotopic (exact) mass is 359 g/mol. The van der Waals surface area contributed by atoms with Gasteiger partial charge in [-0.05, 0) is 19.9 Å². The second-order valence-electron chi connectivity index (χ2n) is 6.46. The predicted molar refractivity (Wildman–Crippen MR) is 93.9 cm³/mol. The van der Waals surface area contributed by atoms with E-state index in [0.29, 0.717) is 23.9 Å². The topological polar surface area (TPSA) is 90.7 Å². The van der Waals surface area contributed by atoms with Crippen LogP contribution in [0.25, 0.3) is 10.8 Å². The van der Waals surface area contributed by atoms with Crippen molar-refractivity contribution in [1.29, 1.82) is 0 Å². The lowest BCUT2D eigenvalue weighted by Gasteiger charge is -2.35. The molecule has 0 aliphatic carbocycles. The number of hydrogen-bond donors (Lipinski definition) is 0.